The normalized spacial score (nSPS) is 19.1. The first-order valence-electron chi connectivity index (χ1n) is 9.03. The summed E-state index contributed by atoms with van der Waals surface area (Å²) < 4.78 is 1.84. The fourth-order valence-corrected chi connectivity index (χ4v) is 3.71. The van der Waals surface area contributed by atoms with Gasteiger partial charge in [-0.3, -0.25) is 14.4 Å². The quantitative estimate of drug-likeness (QED) is 0.910. The maximum absolute atomic E-state index is 12.5. The van der Waals surface area contributed by atoms with Gasteiger partial charge >= 0.3 is 0 Å². The van der Waals surface area contributed by atoms with Crippen molar-refractivity contribution in [2.75, 3.05) is 13.1 Å². The monoisotopic (exact) mass is 340 g/mol. The molecule has 2 heterocycles. The van der Waals surface area contributed by atoms with Crippen molar-refractivity contribution < 1.29 is 4.79 Å². The fourth-order valence-electron chi connectivity index (χ4n) is 3.71. The summed E-state index contributed by atoms with van der Waals surface area (Å²) in [6.45, 7) is 8.15. The molecule has 134 valence electrons. The zero-order chi connectivity index (χ0) is 18.0. The summed E-state index contributed by atoms with van der Waals surface area (Å²) in [5.41, 5.74) is 4.39. The first-order valence-corrected chi connectivity index (χ1v) is 9.03. The molecule has 1 saturated heterocycles. The Balaban J connectivity index is 1.55. The number of hydrogen-bond donors (Lipinski definition) is 1. The molecule has 1 aromatic heterocycles. The highest BCUT2D eigenvalue weighted by Gasteiger charge is 2.28. The van der Waals surface area contributed by atoms with Gasteiger partial charge in [0.05, 0.1) is 12.1 Å². The van der Waals surface area contributed by atoms with Crippen LogP contribution in [0.2, 0.25) is 0 Å². The Labute approximate surface area is 150 Å². The van der Waals surface area contributed by atoms with Gasteiger partial charge in [0, 0.05) is 43.5 Å². The Morgan fingerprint density at radius 3 is 2.68 bits per heavy atom. The van der Waals surface area contributed by atoms with Crippen LogP contribution in [0.1, 0.15) is 41.9 Å². The summed E-state index contributed by atoms with van der Waals surface area (Å²) in [6, 6.07) is 11.2. The number of likely N-dealkylation sites (tertiary alicyclic amines) is 1. The average Bonchev–Trinajstić information content (AvgIpc) is 3.15. The molecule has 1 aliphatic heterocycles. The number of hydrogen-bond acceptors (Lipinski definition) is 3. The van der Waals surface area contributed by atoms with E-state index in [0.29, 0.717) is 12.5 Å². The van der Waals surface area contributed by atoms with Crippen molar-refractivity contribution in [1.29, 1.82) is 0 Å². The molecular formula is C20H28N4O. The SMILES string of the molecule is Cc1nn(C)c(C)c1CC(=O)N[C@H]1CCN([C@H](C)c2ccccc2)C1. The van der Waals surface area contributed by atoms with Gasteiger partial charge in [-0.15, -0.1) is 0 Å². The van der Waals surface area contributed by atoms with Crippen molar-refractivity contribution in [2.24, 2.45) is 7.05 Å². The van der Waals surface area contributed by atoms with Gasteiger partial charge in [-0.05, 0) is 32.8 Å². The zero-order valence-electron chi connectivity index (χ0n) is 15.6. The van der Waals surface area contributed by atoms with Crippen molar-refractivity contribution >= 4 is 5.91 Å². The zero-order valence-corrected chi connectivity index (χ0v) is 15.6. The number of aromatic nitrogens is 2. The number of carbonyl (C=O) groups is 1. The molecule has 0 aliphatic carbocycles. The summed E-state index contributed by atoms with van der Waals surface area (Å²) in [6.07, 6.45) is 1.42. The second kappa shape index (κ2) is 7.40. The lowest BCUT2D eigenvalue weighted by atomic mass is 10.1. The molecule has 5 heteroatoms. The molecule has 5 nitrogen and oxygen atoms in total. The van der Waals surface area contributed by atoms with E-state index in [2.05, 4.69) is 46.5 Å². The third-order valence-corrected chi connectivity index (χ3v) is 5.41. The lowest BCUT2D eigenvalue weighted by Crippen LogP contribution is -2.38. The van der Waals surface area contributed by atoms with Crippen LogP contribution in [-0.4, -0.2) is 39.7 Å². The van der Waals surface area contributed by atoms with E-state index in [0.717, 1.165) is 36.5 Å². The largest absolute Gasteiger partial charge is 0.352 e. The molecule has 1 aliphatic rings. The van der Waals surface area contributed by atoms with Crippen LogP contribution in [0.25, 0.3) is 0 Å². The predicted molar refractivity (Wildman–Crippen MR) is 99.4 cm³/mol. The minimum atomic E-state index is 0.0958. The molecule has 1 fully saturated rings. The van der Waals surface area contributed by atoms with Crippen LogP contribution in [-0.2, 0) is 18.3 Å². The van der Waals surface area contributed by atoms with Gasteiger partial charge in [0.2, 0.25) is 5.91 Å². The standard InChI is InChI=1S/C20H28N4O/c1-14-19(16(3)23(4)22-14)12-20(25)21-18-10-11-24(13-18)15(2)17-8-6-5-7-9-17/h5-9,15,18H,10-13H2,1-4H3,(H,21,25)/t15-,18+/m1/s1. The molecule has 0 bridgehead atoms. The number of nitrogens with one attached hydrogen (secondary N) is 1. The lowest BCUT2D eigenvalue weighted by molar-refractivity contribution is -0.121. The third-order valence-electron chi connectivity index (χ3n) is 5.41. The van der Waals surface area contributed by atoms with Crippen LogP contribution >= 0.6 is 0 Å². The topological polar surface area (TPSA) is 50.2 Å². The van der Waals surface area contributed by atoms with E-state index in [9.17, 15) is 4.79 Å². The summed E-state index contributed by atoms with van der Waals surface area (Å²) in [5.74, 6) is 0.0958. The van der Waals surface area contributed by atoms with E-state index in [1.807, 2.05) is 31.6 Å². The Hall–Kier alpha value is -2.14. The summed E-state index contributed by atoms with van der Waals surface area (Å²) >= 11 is 0. The predicted octanol–water partition coefficient (Wildman–Crippen LogP) is 2.53. The molecule has 0 radical (unpaired) electrons. The van der Waals surface area contributed by atoms with E-state index in [1.54, 1.807) is 0 Å². The number of aryl methyl sites for hydroxylation is 2. The molecule has 1 amide bonds. The van der Waals surface area contributed by atoms with Crippen molar-refractivity contribution in [3.63, 3.8) is 0 Å². The Kier molecular flexibility index (Phi) is 5.23. The average molecular weight is 340 g/mol. The molecule has 25 heavy (non-hydrogen) atoms. The highest BCUT2D eigenvalue weighted by molar-refractivity contribution is 5.79. The maximum atomic E-state index is 12.5. The van der Waals surface area contributed by atoms with E-state index in [4.69, 9.17) is 0 Å². The molecule has 3 rings (SSSR count). The minimum Gasteiger partial charge on any atom is -0.352 e. The van der Waals surface area contributed by atoms with Crippen LogP contribution in [0.5, 0.6) is 0 Å². The first kappa shape index (κ1) is 17.7. The van der Waals surface area contributed by atoms with Gasteiger partial charge in [-0.2, -0.15) is 5.10 Å². The van der Waals surface area contributed by atoms with Gasteiger partial charge in [0.15, 0.2) is 0 Å². The lowest BCUT2D eigenvalue weighted by Gasteiger charge is -2.24. The number of benzene rings is 1. The van der Waals surface area contributed by atoms with Crippen LogP contribution in [0.15, 0.2) is 30.3 Å². The van der Waals surface area contributed by atoms with E-state index < -0.39 is 0 Å². The number of nitrogens with zero attached hydrogens (tertiary/aromatic N) is 3. The van der Waals surface area contributed by atoms with Gasteiger partial charge in [-0.25, -0.2) is 0 Å². The first-order chi connectivity index (χ1) is 12.0. The summed E-state index contributed by atoms with van der Waals surface area (Å²) in [4.78, 5) is 14.9. The number of rotatable bonds is 5. The van der Waals surface area contributed by atoms with Crippen molar-refractivity contribution in [3.8, 4) is 0 Å². The smallest absolute Gasteiger partial charge is 0.224 e. The molecular weight excluding hydrogens is 312 g/mol. The highest BCUT2D eigenvalue weighted by atomic mass is 16.1. The second-order valence-electron chi connectivity index (χ2n) is 7.08. The Bertz CT molecular complexity index is 738. The summed E-state index contributed by atoms with van der Waals surface area (Å²) in [5, 5.41) is 7.60. The Morgan fingerprint density at radius 1 is 1.32 bits per heavy atom. The third kappa shape index (κ3) is 3.93. The maximum Gasteiger partial charge on any atom is 0.224 e. The van der Waals surface area contributed by atoms with Crippen LogP contribution < -0.4 is 5.32 Å². The van der Waals surface area contributed by atoms with Gasteiger partial charge < -0.3 is 5.32 Å². The van der Waals surface area contributed by atoms with E-state index in [-0.39, 0.29) is 11.9 Å². The van der Waals surface area contributed by atoms with Crippen molar-refractivity contribution in [1.82, 2.24) is 20.0 Å². The van der Waals surface area contributed by atoms with Crippen LogP contribution in [0, 0.1) is 13.8 Å². The van der Waals surface area contributed by atoms with Gasteiger partial charge in [-0.1, -0.05) is 30.3 Å². The molecule has 2 atom stereocenters. The van der Waals surface area contributed by atoms with Crippen molar-refractivity contribution in [2.45, 2.75) is 45.7 Å². The van der Waals surface area contributed by atoms with Crippen LogP contribution in [0.4, 0.5) is 0 Å². The number of carbonyl (C=O) groups excluding carboxylic acids is 1. The molecule has 0 saturated carbocycles. The molecule has 2 aromatic rings. The van der Waals surface area contributed by atoms with Gasteiger partial charge in [0.25, 0.3) is 0 Å². The minimum absolute atomic E-state index is 0.0958. The molecule has 1 N–H and O–H groups in total. The molecule has 0 spiro atoms. The fraction of sp³-hybridized carbons (Fsp3) is 0.500. The van der Waals surface area contributed by atoms with Gasteiger partial charge in [0.1, 0.15) is 0 Å². The molecule has 1 aromatic carbocycles. The van der Waals surface area contributed by atoms with Crippen LogP contribution in [0.3, 0.4) is 0 Å². The highest BCUT2D eigenvalue weighted by Crippen LogP contribution is 2.24. The number of amides is 1. The summed E-state index contributed by atoms with van der Waals surface area (Å²) in [7, 11) is 1.92. The molecule has 0 unspecified atom stereocenters. The van der Waals surface area contributed by atoms with E-state index in [1.165, 1.54) is 5.56 Å². The second-order valence-corrected chi connectivity index (χ2v) is 7.08. The van der Waals surface area contributed by atoms with Crippen molar-refractivity contribution in [3.05, 3.63) is 52.8 Å². The Morgan fingerprint density at radius 2 is 2.04 bits per heavy atom. The van der Waals surface area contributed by atoms with E-state index >= 15 is 0 Å².